The van der Waals surface area contributed by atoms with Crippen LogP contribution in [-0.4, -0.2) is 54.6 Å². The lowest BCUT2D eigenvalue weighted by atomic mass is 10.2. The van der Waals surface area contributed by atoms with Crippen molar-refractivity contribution in [3.8, 4) is 0 Å². The van der Waals surface area contributed by atoms with E-state index in [4.69, 9.17) is 9.84 Å². The molecule has 0 aromatic carbocycles. The second kappa shape index (κ2) is 5.78. The van der Waals surface area contributed by atoms with Crippen molar-refractivity contribution in [2.75, 3.05) is 19.7 Å². The van der Waals surface area contributed by atoms with Gasteiger partial charge in [0.05, 0.1) is 12.7 Å². The Kier molecular flexibility index (Phi) is 4.40. The van der Waals surface area contributed by atoms with Gasteiger partial charge in [-0.25, -0.2) is 13.2 Å². The predicted octanol–water partition coefficient (Wildman–Crippen LogP) is 1.13. The molecule has 2 rings (SSSR count). The van der Waals surface area contributed by atoms with Crippen LogP contribution in [0.3, 0.4) is 0 Å². The van der Waals surface area contributed by atoms with Crippen LogP contribution in [0.2, 0.25) is 0 Å². The third kappa shape index (κ3) is 2.83. The summed E-state index contributed by atoms with van der Waals surface area (Å²) in [6.07, 6.45) is 0.615. The standard InChI is InChI=1S/C13H20N2O5S/c1-4-10-7-15(5-6-20-10)21(18,19)12-8(2)11(13(16)17)14-9(12)3/h10,14H,4-7H2,1-3H3,(H,16,17). The molecule has 0 spiro atoms. The number of aromatic carboxylic acids is 1. The van der Waals surface area contributed by atoms with Gasteiger partial charge in [0.15, 0.2) is 0 Å². The number of nitrogens with zero attached hydrogens (tertiary/aromatic N) is 1. The molecular formula is C13H20N2O5S. The summed E-state index contributed by atoms with van der Waals surface area (Å²) in [6, 6.07) is 0. The van der Waals surface area contributed by atoms with Gasteiger partial charge < -0.3 is 14.8 Å². The van der Waals surface area contributed by atoms with Gasteiger partial charge in [0.1, 0.15) is 10.6 Å². The molecule has 8 heteroatoms. The lowest BCUT2D eigenvalue weighted by Crippen LogP contribution is -2.45. The molecule has 1 saturated heterocycles. The highest BCUT2D eigenvalue weighted by Crippen LogP contribution is 2.27. The summed E-state index contributed by atoms with van der Waals surface area (Å²) in [7, 11) is -3.72. The normalized spacial score (nSPS) is 20.6. The van der Waals surface area contributed by atoms with E-state index in [-0.39, 0.29) is 28.8 Å². The van der Waals surface area contributed by atoms with Crippen LogP contribution in [0.25, 0.3) is 0 Å². The van der Waals surface area contributed by atoms with Gasteiger partial charge in [-0.3, -0.25) is 0 Å². The van der Waals surface area contributed by atoms with E-state index in [0.29, 0.717) is 18.8 Å². The average Bonchev–Trinajstić information content (AvgIpc) is 2.74. The topological polar surface area (TPSA) is 99.7 Å². The minimum atomic E-state index is -3.72. The van der Waals surface area contributed by atoms with Gasteiger partial charge >= 0.3 is 5.97 Å². The van der Waals surface area contributed by atoms with Crippen molar-refractivity contribution in [2.45, 2.75) is 38.2 Å². The maximum atomic E-state index is 12.8. The Bertz CT molecular complexity index is 650. The number of aromatic amines is 1. The van der Waals surface area contributed by atoms with E-state index < -0.39 is 16.0 Å². The summed E-state index contributed by atoms with van der Waals surface area (Å²) in [4.78, 5) is 13.8. The maximum absolute atomic E-state index is 12.8. The number of carboxylic acids is 1. The fourth-order valence-corrected chi connectivity index (χ4v) is 4.48. The van der Waals surface area contributed by atoms with Crippen molar-refractivity contribution < 1.29 is 23.1 Å². The first-order valence-electron chi connectivity index (χ1n) is 6.83. The third-order valence-corrected chi connectivity index (χ3v) is 5.88. The minimum Gasteiger partial charge on any atom is -0.477 e. The first-order valence-corrected chi connectivity index (χ1v) is 8.27. The molecule has 21 heavy (non-hydrogen) atoms. The molecule has 0 saturated carbocycles. The molecule has 1 aliphatic heterocycles. The fraction of sp³-hybridized carbons (Fsp3) is 0.615. The highest BCUT2D eigenvalue weighted by Gasteiger charge is 2.34. The van der Waals surface area contributed by atoms with E-state index >= 15 is 0 Å². The number of hydrogen-bond acceptors (Lipinski definition) is 4. The summed E-state index contributed by atoms with van der Waals surface area (Å²) in [6.45, 7) is 5.96. The van der Waals surface area contributed by atoms with Crippen LogP contribution in [0.15, 0.2) is 4.90 Å². The van der Waals surface area contributed by atoms with Crippen molar-refractivity contribution >= 4 is 16.0 Å². The van der Waals surface area contributed by atoms with Crippen LogP contribution in [0, 0.1) is 13.8 Å². The molecule has 1 aromatic heterocycles. The van der Waals surface area contributed by atoms with Crippen molar-refractivity contribution in [1.29, 1.82) is 0 Å². The first-order chi connectivity index (χ1) is 9.78. The maximum Gasteiger partial charge on any atom is 0.352 e. The molecule has 0 radical (unpaired) electrons. The third-order valence-electron chi connectivity index (χ3n) is 3.74. The quantitative estimate of drug-likeness (QED) is 0.867. The van der Waals surface area contributed by atoms with E-state index in [0.717, 1.165) is 6.42 Å². The predicted molar refractivity (Wildman–Crippen MR) is 76.0 cm³/mol. The minimum absolute atomic E-state index is 0.0663. The number of ether oxygens (including phenoxy) is 1. The molecule has 2 N–H and O–H groups in total. The molecule has 1 aromatic rings. The first kappa shape index (κ1) is 16.0. The largest absolute Gasteiger partial charge is 0.477 e. The Morgan fingerprint density at radius 1 is 1.48 bits per heavy atom. The van der Waals surface area contributed by atoms with Gasteiger partial charge in [-0.2, -0.15) is 4.31 Å². The Morgan fingerprint density at radius 2 is 2.14 bits per heavy atom. The zero-order chi connectivity index (χ0) is 15.8. The van der Waals surface area contributed by atoms with Crippen molar-refractivity contribution in [1.82, 2.24) is 9.29 Å². The molecule has 118 valence electrons. The lowest BCUT2D eigenvalue weighted by Gasteiger charge is -2.31. The summed E-state index contributed by atoms with van der Waals surface area (Å²) < 4.78 is 32.4. The molecule has 2 heterocycles. The van der Waals surface area contributed by atoms with Crippen molar-refractivity contribution in [2.24, 2.45) is 0 Å². The molecule has 0 bridgehead atoms. The monoisotopic (exact) mass is 316 g/mol. The van der Waals surface area contributed by atoms with Gasteiger partial charge in [0.25, 0.3) is 0 Å². The zero-order valence-electron chi connectivity index (χ0n) is 12.3. The van der Waals surface area contributed by atoms with Gasteiger partial charge in [-0.1, -0.05) is 6.92 Å². The van der Waals surface area contributed by atoms with Crippen LogP contribution in [0.1, 0.15) is 35.1 Å². The lowest BCUT2D eigenvalue weighted by molar-refractivity contribution is -0.00279. The van der Waals surface area contributed by atoms with Gasteiger partial charge in [0, 0.05) is 24.3 Å². The van der Waals surface area contributed by atoms with Gasteiger partial charge in [-0.15, -0.1) is 0 Å². The molecule has 1 atom stereocenters. The Balaban J connectivity index is 2.42. The van der Waals surface area contributed by atoms with Crippen LogP contribution in [-0.2, 0) is 14.8 Å². The summed E-state index contributed by atoms with van der Waals surface area (Å²) >= 11 is 0. The Morgan fingerprint density at radius 3 is 2.67 bits per heavy atom. The SMILES string of the molecule is CCC1CN(S(=O)(=O)c2c(C)[nH]c(C(=O)O)c2C)CCO1. The highest BCUT2D eigenvalue weighted by molar-refractivity contribution is 7.89. The van der Waals surface area contributed by atoms with Crippen molar-refractivity contribution in [3.63, 3.8) is 0 Å². The van der Waals surface area contributed by atoms with Crippen LogP contribution in [0.5, 0.6) is 0 Å². The summed E-state index contributed by atoms with van der Waals surface area (Å²) in [5.74, 6) is -1.16. The van der Waals surface area contributed by atoms with Crippen LogP contribution >= 0.6 is 0 Å². The average molecular weight is 316 g/mol. The molecule has 1 aliphatic rings. The number of aryl methyl sites for hydroxylation is 1. The number of rotatable bonds is 4. The highest BCUT2D eigenvalue weighted by atomic mass is 32.2. The molecule has 0 amide bonds. The number of nitrogens with one attached hydrogen (secondary N) is 1. The second-order valence-corrected chi connectivity index (χ2v) is 7.02. The molecule has 0 aliphatic carbocycles. The van der Waals surface area contributed by atoms with E-state index in [1.807, 2.05) is 6.92 Å². The number of morpholine rings is 1. The molecule has 1 fully saturated rings. The number of sulfonamides is 1. The van der Waals surface area contributed by atoms with Crippen molar-refractivity contribution in [3.05, 3.63) is 17.0 Å². The zero-order valence-corrected chi connectivity index (χ0v) is 13.2. The molecule has 7 nitrogen and oxygen atoms in total. The van der Waals surface area contributed by atoms with Gasteiger partial charge in [0.2, 0.25) is 10.0 Å². The van der Waals surface area contributed by atoms with E-state index in [1.54, 1.807) is 6.92 Å². The van der Waals surface area contributed by atoms with E-state index in [9.17, 15) is 13.2 Å². The molecular weight excluding hydrogens is 296 g/mol. The van der Waals surface area contributed by atoms with E-state index in [1.165, 1.54) is 11.2 Å². The number of hydrogen-bond donors (Lipinski definition) is 2. The summed E-state index contributed by atoms with van der Waals surface area (Å²) in [5.41, 5.74) is 0.523. The van der Waals surface area contributed by atoms with E-state index in [2.05, 4.69) is 4.98 Å². The number of carbonyl (C=O) groups is 1. The van der Waals surface area contributed by atoms with Crippen LogP contribution in [0.4, 0.5) is 0 Å². The number of carboxylic acid groups (broad SMARTS) is 1. The Labute approximate surface area is 124 Å². The fourth-order valence-electron chi connectivity index (χ4n) is 2.62. The van der Waals surface area contributed by atoms with Gasteiger partial charge in [-0.05, 0) is 20.3 Å². The summed E-state index contributed by atoms with van der Waals surface area (Å²) in [5, 5.41) is 9.10. The van der Waals surface area contributed by atoms with Crippen LogP contribution < -0.4 is 0 Å². The number of H-pyrrole nitrogens is 1. The Hall–Kier alpha value is -1.38. The molecule has 1 unspecified atom stereocenters. The number of aromatic nitrogens is 1. The smallest absolute Gasteiger partial charge is 0.352 e. The second-order valence-electron chi connectivity index (χ2n) is 5.15.